The van der Waals surface area contributed by atoms with E-state index in [-0.39, 0.29) is 12.5 Å². The van der Waals surface area contributed by atoms with Gasteiger partial charge in [-0.2, -0.15) is 5.10 Å². The lowest BCUT2D eigenvalue weighted by Crippen LogP contribution is -2.17. The van der Waals surface area contributed by atoms with Crippen molar-refractivity contribution in [3.8, 4) is 0 Å². The number of aromatic nitrogens is 2. The Morgan fingerprint density at radius 1 is 1.40 bits per heavy atom. The fraction of sp³-hybridized carbons (Fsp3) is 0.727. The van der Waals surface area contributed by atoms with Gasteiger partial charge in [0.25, 0.3) is 0 Å². The first-order valence-corrected chi connectivity index (χ1v) is 5.39. The van der Waals surface area contributed by atoms with Crippen molar-refractivity contribution in [3.05, 3.63) is 17.0 Å². The van der Waals surface area contributed by atoms with Crippen molar-refractivity contribution in [2.24, 2.45) is 5.73 Å². The molecule has 4 heteroatoms. The molecular weight excluding hydrogens is 190 g/mol. The number of rotatable bonds is 4. The van der Waals surface area contributed by atoms with Crippen molar-refractivity contribution in [2.75, 3.05) is 13.2 Å². The van der Waals surface area contributed by atoms with Crippen LogP contribution in [0.5, 0.6) is 0 Å². The van der Waals surface area contributed by atoms with Gasteiger partial charge in [-0.15, -0.1) is 0 Å². The molecule has 1 heterocycles. The van der Waals surface area contributed by atoms with E-state index in [2.05, 4.69) is 18.9 Å². The van der Waals surface area contributed by atoms with E-state index in [1.165, 1.54) is 0 Å². The van der Waals surface area contributed by atoms with Gasteiger partial charge in [-0.05, 0) is 27.7 Å². The first-order chi connectivity index (χ1) is 7.02. The Morgan fingerprint density at radius 2 is 2.00 bits per heavy atom. The Bertz CT molecular complexity index is 327. The van der Waals surface area contributed by atoms with Gasteiger partial charge < -0.3 is 10.8 Å². The zero-order chi connectivity index (χ0) is 11.6. The van der Waals surface area contributed by atoms with Crippen LogP contribution in [-0.4, -0.2) is 28.0 Å². The van der Waals surface area contributed by atoms with E-state index < -0.39 is 0 Å². The Kier molecular flexibility index (Phi) is 3.88. The molecular formula is C11H21N3O. The molecule has 0 fully saturated rings. The van der Waals surface area contributed by atoms with Crippen LogP contribution >= 0.6 is 0 Å². The molecule has 15 heavy (non-hydrogen) atoms. The lowest BCUT2D eigenvalue weighted by molar-refractivity contribution is 0.267. The van der Waals surface area contributed by atoms with Crippen LogP contribution < -0.4 is 5.73 Å². The molecule has 3 N–H and O–H groups in total. The molecule has 0 amide bonds. The van der Waals surface area contributed by atoms with Crippen LogP contribution in [0.3, 0.4) is 0 Å². The van der Waals surface area contributed by atoms with Crippen molar-refractivity contribution in [2.45, 2.75) is 39.7 Å². The minimum absolute atomic E-state index is 0.0116. The first-order valence-electron chi connectivity index (χ1n) is 5.39. The zero-order valence-corrected chi connectivity index (χ0v) is 9.99. The Hall–Kier alpha value is -0.870. The maximum absolute atomic E-state index is 9.26. The highest BCUT2D eigenvalue weighted by atomic mass is 16.3. The summed E-state index contributed by atoms with van der Waals surface area (Å²) in [5.41, 5.74) is 8.84. The lowest BCUT2D eigenvalue weighted by atomic mass is 9.98. The third-order valence-corrected chi connectivity index (χ3v) is 2.78. The summed E-state index contributed by atoms with van der Waals surface area (Å²) >= 11 is 0. The molecule has 0 radical (unpaired) electrons. The lowest BCUT2D eigenvalue weighted by Gasteiger charge is -2.13. The van der Waals surface area contributed by atoms with Gasteiger partial charge in [-0.25, -0.2) is 0 Å². The second-order valence-electron chi connectivity index (χ2n) is 4.24. The maximum atomic E-state index is 9.26. The van der Waals surface area contributed by atoms with E-state index in [0.717, 1.165) is 17.0 Å². The van der Waals surface area contributed by atoms with Gasteiger partial charge in [0.05, 0.1) is 12.3 Å². The van der Waals surface area contributed by atoms with Crippen LogP contribution in [0.2, 0.25) is 0 Å². The van der Waals surface area contributed by atoms with Gasteiger partial charge >= 0.3 is 0 Å². The largest absolute Gasteiger partial charge is 0.396 e. The highest BCUT2D eigenvalue weighted by Gasteiger charge is 2.20. The zero-order valence-electron chi connectivity index (χ0n) is 9.99. The molecule has 0 aliphatic carbocycles. The van der Waals surface area contributed by atoms with Crippen LogP contribution in [0.15, 0.2) is 0 Å². The number of nitrogens with two attached hydrogens (primary N) is 1. The molecule has 1 aromatic heterocycles. The number of aryl methyl sites for hydroxylation is 1. The van der Waals surface area contributed by atoms with Crippen LogP contribution in [0, 0.1) is 13.8 Å². The Morgan fingerprint density at radius 3 is 2.33 bits per heavy atom. The summed E-state index contributed by atoms with van der Waals surface area (Å²) < 4.78 is 1.99. The summed E-state index contributed by atoms with van der Waals surface area (Å²) in [6.45, 7) is 8.75. The Balaban J connectivity index is 3.18. The molecule has 1 atom stereocenters. The predicted octanol–water partition coefficient (Wildman–Crippen LogP) is 1.12. The summed E-state index contributed by atoms with van der Waals surface area (Å²) in [4.78, 5) is 0. The number of aliphatic hydroxyl groups excluding tert-OH is 1. The van der Waals surface area contributed by atoms with E-state index in [0.29, 0.717) is 12.6 Å². The average molecular weight is 211 g/mol. The monoisotopic (exact) mass is 211 g/mol. The molecule has 1 rings (SSSR count). The third kappa shape index (κ3) is 2.21. The smallest absolute Gasteiger partial charge is 0.0632 e. The summed E-state index contributed by atoms with van der Waals surface area (Å²) in [6.07, 6.45) is 0. The average Bonchev–Trinajstić information content (AvgIpc) is 2.47. The van der Waals surface area contributed by atoms with Crippen molar-refractivity contribution < 1.29 is 5.11 Å². The number of nitrogens with zero attached hydrogens (tertiary/aromatic N) is 2. The van der Waals surface area contributed by atoms with Crippen LogP contribution in [0.25, 0.3) is 0 Å². The van der Waals surface area contributed by atoms with Gasteiger partial charge in [0.2, 0.25) is 0 Å². The third-order valence-electron chi connectivity index (χ3n) is 2.78. The molecule has 0 aromatic carbocycles. The minimum atomic E-state index is 0.0116. The highest BCUT2D eigenvalue weighted by Crippen LogP contribution is 2.24. The fourth-order valence-electron chi connectivity index (χ4n) is 2.05. The van der Waals surface area contributed by atoms with Crippen molar-refractivity contribution in [1.29, 1.82) is 0 Å². The number of hydrogen-bond acceptors (Lipinski definition) is 3. The topological polar surface area (TPSA) is 64.1 Å². The maximum Gasteiger partial charge on any atom is 0.0632 e. The van der Waals surface area contributed by atoms with E-state index in [1.807, 2.05) is 18.5 Å². The van der Waals surface area contributed by atoms with Crippen molar-refractivity contribution in [1.82, 2.24) is 9.78 Å². The van der Waals surface area contributed by atoms with Crippen LogP contribution in [-0.2, 0) is 0 Å². The van der Waals surface area contributed by atoms with E-state index in [1.54, 1.807) is 0 Å². The molecule has 0 bridgehead atoms. The summed E-state index contributed by atoms with van der Waals surface area (Å²) in [7, 11) is 0. The van der Waals surface area contributed by atoms with Gasteiger partial charge in [-0.3, -0.25) is 4.68 Å². The fourth-order valence-corrected chi connectivity index (χ4v) is 2.05. The highest BCUT2D eigenvalue weighted by molar-refractivity contribution is 5.29. The van der Waals surface area contributed by atoms with E-state index in [9.17, 15) is 5.11 Å². The molecule has 86 valence electrons. The molecule has 1 unspecified atom stereocenters. The molecule has 0 saturated heterocycles. The van der Waals surface area contributed by atoms with Crippen LogP contribution in [0.1, 0.15) is 42.8 Å². The second-order valence-corrected chi connectivity index (χ2v) is 4.24. The standard InChI is InChI=1S/C11H21N3O/c1-7(2)14-9(4)11(8(3)13-14)10(5-12)6-15/h7,10,15H,5-6,12H2,1-4H3. The van der Waals surface area contributed by atoms with E-state index in [4.69, 9.17) is 5.73 Å². The molecule has 1 aromatic rings. The van der Waals surface area contributed by atoms with Gasteiger partial charge in [-0.1, -0.05) is 0 Å². The summed E-state index contributed by atoms with van der Waals surface area (Å²) in [5, 5.41) is 13.7. The molecule has 0 spiro atoms. The van der Waals surface area contributed by atoms with Gasteiger partial charge in [0.1, 0.15) is 0 Å². The normalized spacial score (nSPS) is 13.5. The number of aliphatic hydroxyl groups is 1. The van der Waals surface area contributed by atoms with Crippen molar-refractivity contribution >= 4 is 0 Å². The Labute approximate surface area is 91.1 Å². The second kappa shape index (κ2) is 4.77. The minimum Gasteiger partial charge on any atom is -0.396 e. The van der Waals surface area contributed by atoms with Crippen molar-refractivity contribution in [3.63, 3.8) is 0 Å². The summed E-state index contributed by atoms with van der Waals surface area (Å²) in [5.74, 6) is 0.0116. The summed E-state index contributed by atoms with van der Waals surface area (Å²) in [6, 6.07) is 0.342. The van der Waals surface area contributed by atoms with Gasteiger partial charge in [0.15, 0.2) is 0 Å². The SMILES string of the molecule is Cc1nn(C(C)C)c(C)c1C(CN)CO. The molecule has 0 aliphatic heterocycles. The van der Waals surface area contributed by atoms with Crippen LogP contribution in [0.4, 0.5) is 0 Å². The van der Waals surface area contributed by atoms with Gasteiger partial charge in [0, 0.05) is 29.8 Å². The van der Waals surface area contributed by atoms with E-state index >= 15 is 0 Å². The molecule has 4 nitrogen and oxygen atoms in total. The number of hydrogen-bond donors (Lipinski definition) is 2. The molecule has 0 saturated carbocycles. The first kappa shape index (κ1) is 12.2. The molecule has 0 aliphatic rings. The quantitative estimate of drug-likeness (QED) is 0.784. The predicted molar refractivity (Wildman–Crippen MR) is 61.0 cm³/mol.